The first kappa shape index (κ1) is 10.8. The summed E-state index contributed by atoms with van der Waals surface area (Å²) in [5, 5.41) is 19.2. The van der Waals surface area contributed by atoms with E-state index in [1.165, 1.54) is 6.20 Å². The van der Waals surface area contributed by atoms with Gasteiger partial charge in [0.2, 0.25) is 6.20 Å². The van der Waals surface area contributed by atoms with E-state index in [1.54, 1.807) is 0 Å². The monoisotopic (exact) mass is 210 g/mol. The number of nitrogens with zero attached hydrogens (tertiary/aromatic N) is 2. The van der Waals surface area contributed by atoms with Crippen LogP contribution in [0.4, 0.5) is 4.39 Å². The van der Waals surface area contributed by atoms with Crippen molar-refractivity contribution in [3.05, 3.63) is 58.3 Å². The smallest absolute Gasteiger partial charge is 0.234 e. The Bertz CT molecular complexity index is 429. The van der Waals surface area contributed by atoms with Crippen LogP contribution in [0.1, 0.15) is 5.56 Å². The third-order valence-corrected chi connectivity index (χ3v) is 1.46. The quantitative estimate of drug-likeness (QED) is 0.358. The van der Waals surface area contributed by atoms with Crippen molar-refractivity contribution in [2.24, 2.45) is 0 Å². The highest BCUT2D eigenvalue weighted by atomic mass is 19.1. The number of aromatic nitrogens is 1. The van der Waals surface area contributed by atoms with E-state index in [-0.39, 0.29) is 11.3 Å². The number of allylic oxidation sites excluding steroid dienone is 2. The van der Waals surface area contributed by atoms with Gasteiger partial charge in [-0.15, -0.1) is 0 Å². The fraction of sp³-hybridized carbons (Fsp3) is 0. The van der Waals surface area contributed by atoms with Crippen LogP contribution in [0.2, 0.25) is 0 Å². The molecule has 0 atom stereocenters. The molecule has 1 heterocycles. The molecule has 0 aliphatic heterocycles. The fourth-order valence-corrected chi connectivity index (χ4v) is 0.853. The molecule has 0 saturated heterocycles. The van der Waals surface area contributed by atoms with Crippen LogP contribution in [0.5, 0.6) is 0 Å². The van der Waals surface area contributed by atoms with Crippen LogP contribution in [-0.2, 0) is 0 Å². The van der Waals surface area contributed by atoms with E-state index in [0.29, 0.717) is 6.20 Å². The minimum absolute atomic E-state index is 0.156. The van der Waals surface area contributed by atoms with E-state index in [9.17, 15) is 19.6 Å². The van der Waals surface area contributed by atoms with Gasteiger partial charge in [-0.1, -0.05) is 0 Å². The van der Waals surface area contributed by atoms with Gasteiger partial charge in [-0.2, -0.15) is 0 Å². The zero-order valence-corrected chi connectivity index (χ0v) is 7.50. The summed E-state index contributed by atoms with van der Waals surface area (Å²) in [5.74, 6) is -0.884. The van der Waals surface area contributed by atoms with Gasteiger partial charge in [-0.25, -0.2) is 4.39 Å². The van der Waals surface area contributed by atoms with Crippen molar-refractivity contribution in [3.8, 4) is 0 Å². The van der Waals surface area contributed by atoms with Gasteiger partial charge in [0.25, 0.3) is 0 Å². The summed E-state index contributed by atoms with van der Waals surface area (Å²) >= 11 is 0. The molecular weight excluding hydrogens is 203 g/mol. The predicted octanol–water partition coefficient (Wildman–Crippen LogP) is 1.91. The standard InChI is InChI=1S/C9H7FN2O3/c10-8-4-7(5-11-6-8)9(13)2-1-3-12(14)15/h1-6,13H/b3-1+,9-2-. The second-order valence-corrected chi connectivity index (χ2v) is 2.57. The molecule has 0 amide bonds. The molecule has 0 aliphatic carbocycles. The van der Waals surface area contributed by atoms with Crippen LogP contribution in [0.3, 0.4) is 0 Å². The molecule has 0 aliphatic rings. The maximum Gasteiger partial charge on any atom is 0.234 e. The lowest BCUT2D eigenvalue weighted by atomic mass is 10.2. The van der Waals surface area contributed by atoms with Crippen molar-refractivity contribution in [2.45, 2.75) is 0 Å². The van der Waals surface area contributed by atoms with Crippen LogP contribution < -0.4 is 0 Å². The summed E-state index contributed by atoms with van der Waals surface area (Å²) in [6.45, 7) is 0. The van der Waals surface area contributed by atoms with Crippen LogP contribution >= 0.6 is 0 Å². The van der Waals surface area contributed by atoms with E-state index in [4.69, 9.17) is 0 Å². The van der Waals surface area contributed by atoms with E-state index in [2.05, 4.69) is 4.98 Å². The van der Waals surface area contributed by atoms with E-state index < -0.39 is 10.7 Å². The molecule has 0 unspecified atom stereocenters. The molecule has 0 spiro atoms. The Morgan fingerprint density at radius 3 is 2.93 bits per heavy atom. The van der Waals surface area contributed by atoms with Gasteiger partial charge >= 0.3 is 0 Å². The minimum atomic E-state index is -0.673. The van der Waals surface area contributed by atoms with E-state index in [0.717, 1.165) is 24.4 Å². The summed E-state index contributed by atoms with van der Waals surface area (Å²) < 4.78 is 12.7. The molecule has 0 fully saturated rings. The Morgan fingerprint density at radius 1 is 1.60 bits per heavy atom. The Hall–Kier alpha value is -2.24. The molecule has 1 N–H and O–H groups in total. The fourth-order valence-electron chi connectivity index (χ4n) is 0.853. The Labute approximate surface area is 84.3 Å². The van der Waals surface area contributed by atoms with Gasteiger partial charge in [0.15, 0.2) is 0 Å². The molecule has 1 aromatic heterocycles. The average molecular weight is 210 g/mol. The largest absolute Gasteiger partial charge is 0.507 e. The summed E-state index contributed by atoms with van der Waals surface area (Å²) in [4.78, 5) is 12.7. The van der Waals surface area contributed by atoms with Crippen molar-refractivity contribution in [1.82, 2.24) is 4.98 Å². The highest BCUT2D eigenvalue weighted by molar-refractivity contribution is 5.58. The summed E-state index contributed by atoms with van der Waals surface area (Å²) in [6, 6.07) is 1.07. The number of aliphatic hydroxyl groups excluding tert-OH is 1. The molecule has 0 bridgehead atoms. The normalized spacial score (nSPS) is 11.9. The Kier molecular flexibility index (Phi) is 3.50. The van der Waals surface area contributed by atoms with Crippen LogP contribution in [0, 0.1) is 15.9 Å². The number of pyridine rings is 1. The second-order valence-electron chi connectivity index (χ2n) is 2.57. The molecule has 1 aromatic rings. The molecule has 6 heteroatoms. The second kappa shape index (κ2) is 4.85. The topological polar surface area (TPSA) is 76.3 Å². The Balaban J connectivity index is 2.84. The molecule has 5 nitrogen and oxygen atoms in total. The molecule has 0 saturated carbocycles. The SMILES string of the molecule is O=[N+]([O-])/C=C/C=C(\O)c1cncc(F)c1. The van der Waals surface area contributed by atoms with Gasteiger partial charge in [0.05, 0.1) is 11.1 Å². The molecule has 0 aromatic carbocycles. The van der Waals surface area contributed by atoms with E-state index >= 15 is 0 Å². The van der Waals surface area contributed by atoms with Crippen molar-refractivity contribution in [3.63, 3.8) is 0 Å². The first-order chi connectivity index (χ1) is 7.09. The van der Waals surface area contributed by atoms with Gasteiger partial charge in [0.1, 0.15) is 11.6 Å². The summed E-state index contributed by atoms with van der Waals surface area (Å²) in [5.41, 5.74) is 0.156. The summed E-state index contributed by atoms with van der Waals surface area (Å²) in [7, 11) is 0. The number of hydrogen-bond acceptors (Lipinski definition) is 4. The predicted molar refractivity (Wildman–Crippen MR) is 50.9 cm³/mol. The average Bonchev–Trinajstić information content (AvgIpc) is 2.17. The van der Waals surface area contributed by atoms with Gasteiger partial charge in [0, 0.05) is 17.8 Å². The number of nitro groups is 1. The van der Waals surface area contributed by atoms with Gasteiger partial charge in [-0.3, -0.25) is 15.1 Å². The lowest BCUT2D eigenvalue weighted by Gasteiger charge is -1.97. The highest BCUT2D eigenvalue weighted by Gasteiger charge is 1.99. The number of aliphatic hydroxyl groups is 1. The van der Waals surface area contributed by atoms with Crippen molar-refractivity contribution >= 4 is 5.76 Å². The number of rotatable bonds is 3. The maximum atomic E-state index is 12.7. The zero-order valence-electron chi connectivity index (χ0n) is 7.50. The minimum Gasteiger partial charge on any atom is -0.507 e. The first-order valence-corrected chi connectivity index (χ1v) is 3.91. The lowest BCUT2D eigenvalue weighted by molar-refractivity contribution is -0.402. The first-order valence-electron chi connectivity index (χ1n) is 3.91. The third kappa shape index (κ3) is 3.55. The molecule has 1 rings (SSSR count). The Morgan fingerprint density at radius 2 is 2.33 bits per heavy atom. The number of halogens is 1. The summed E-state index contributed by atoms with van der Waals surface area (Å²) in [6.07, 6.45) is 5.01. The van der Waals surface area contributed by atoms with Gasteiger partial charge < -0.3 is 5.11 Å². The van der Waals surface area contributed by atoms with Crippen molar-refractivity contribution in [1.29, 1.82) is 0 Å². The lowest BCUT2D eigenvalue weighted by Crippen LogP contribution is -1.87. The van der Waals surface area contributed by atoms with Crippen LogP contribution in [-0.4, -0.2) is 15.0 Å². The van der Waals surface area contributed by atoms with Crippen molar-refractivity contribution < 1.29 is 14.4 Å². The molecule has 78 valence electrons. The highest BCUT2D eigenvalue weighted by Crippen LogP contribution is 2.10. The number of hydrogen-bond donors (Lipinski definition) is 1. The molecular formula is C9H7FN2O3. The zero-order chi connectivity index (χ0) is 11.3. The van der Waals surface area contributed by atoms with Crippen LogP contribution in [0.15, 0.2) is 36.8 Å². The van der Waals surface area contributed by atoms with E-state index in [1.807, 2.05) is 0 Å². The molecule has 0 radical (unpaired) electrons. The molecule has 15 heavy (non-hydrogen) atoms. The van der Waals surface area contributed by atoms with Crippen LogP contribution in [0.25, 0.3) is 5.76 Å². The van der Waals surface area contributed by atoms with Crippen molar-refractivity contribution in [2.75, 3.05) is 0 Å². The maximum absolute atomic E-state index is 12.7. The third-order valence-electron chi connectivity index (χ3n) is 1.46. The van der Waals surface area contributed by atoms with Gasteiger partial charge in [-0.05, 0) is 12.1 Å².